The summed E-state index contributed by atoms with van der Waals surface area (Å²) in [5.41, 5.74) is 6.50. The lowest BCUT2D eigenvalue weighted by Gasteiger charge is -2.28. The number of ether oxygens (including phenoxy) is 1. The van der Waals surface area contributed by atoms with Gasteiger partial charge in [0.1, 0.15) is 4.88 Å². The molecule has 5 nitrogen and oxygen atoms in total. The quantitative estimate of drug-likeness (QED) is 0.850. The van der Waals surface area contributed by atoms with Crippen LogP contribution in [0.3, 0.4) is 0 Å². The fourth-order valence-electron chi connectivity index (χ4n) is 2.40. The Morgan fingerprint density at radius 2 is 2.47 bits per heavy atom. The summed E-state index contributed by atoms with van der Waals surface area (Å²) in [5, 5.41) is 0.488. The van der Waals surface area contributed by atoms with Gasteiger partial charge in [-0.05, 0) is 12.8 Å². The third kappa shape index (κ3) is 2.02. The van der Waals surface area contributed by atoms with Gasteiger partial charge in [0.25, 0.3) is 5.91 Å². The lowest BCUT2D eigenvalue weighted by molar-refractivity contribution is 0.0514. The number of hydrogen-bond acceptors (Lipinski definition) is 5. The van der Waals surface area contributed by atoms with Crippen LogP contribution in [-0.2, 0) is 11.2 Å². The molecule has 0 aliphatic carbocycles. The maximum atomic E-state index is 12.2. The summed E-state index contributed by atoms with van der Waals surface area (Å²) >= 11 is 1.29. The molecule has 92 valence electrons. The number of fused-ring (bicyclic) bond motifs is 1. The highest BCUT2D eigenvalue weighted by Gasteiger charge is 2.30. The Kier molecular flexibility index (Phi) is 2.76. The molecule has 17 heavy (non-hydrogen) atoms. The summed E-state index contributed by atoms with van der Waals surface area (Å²) in [6.45, 7) is 2.26. The van der Waals surface area contributed by atoms with Gasteiger partial charge in [0, 0.05) is 26.1 Å². The molecule has 1 fully saturated rings. The Labute approximate surface area is 104 Å². The first-order valence-electron chi connectivity index (χ1n) is 5.90. The third-order valence-electron chi connectivity index (χ3n) is 3.26. The molecule has 0 radical (unpaired) electrons. The van der Waals surface area contributed by atoms with Gasteiger partial charge in [-0.25, -0.2) is 4.98 Å². The number of nitrogen functional groups attached to an aromatic ring is 1. The maximum absolute atomic E-state index is 12.2. The summed E-state index contributed by atoms with van der Waals surface area (Å²) in [6, 6.07) is 0. The van der Waals surface area contributed by atoms with E-state index < -0.39 is 0 Å². The smallest absolute Gasteiger partial charge is 0.266 e. The summed E-state index contributed by atoms with van der Waals surface area (Å²) < 4.78 is 5.57. The number of thiazole rings is 1. The van der Waals surface area contributed by atoms with Crippen molar-refractivity contribution < 1.29 is 9.53 Å². The first kappa shape index (κ1) is 11.0. The zero-order valence-corrected chi connectivity index (χ0v) is 10.3. The Hall–Kier alpha value is -1.14. The monoisotopic (exact) mass is 253 g/mol. The van der Waals surface area contributed by atoms with Crippen LogP contribution in [0.2, 0.25) is 0 Å². The molecule has 0 saturated carbocycles. The number of nitrogens with zero attached hydrogens (tertiary/aromatic N) is 2. The van der Waals surface area contributed by atoms with Crippen molar-refractivity contribution in [2.24, 2.45) is 0 Å². The molecule has 1 aromatic heterocycles. The van der Waals surface area contributed by atoms with Crippen LogP contribution in [0.1, 0.15) is 28.2 Å². The highest BCUT2D eigenvalue weighted by Crippen LogP contribution is 2.27. The molecule has 3 heterocycles. The van der Waals surface area contributed by atoms with Crippen molar-refractivity contribution in [3.05, 3.63) is 10.6 Å². The molecule has 1 amide bonds. The van der Waals surface area contributed by atoms with Gasteiger partial charge in [0.15, 0.2) is 5.13 Å². The second-order valence-corrected chi connectivity index (χ2v) is 5.49. The number of nitrogens with two attached hydrogens (primary N) is 1. The number of hydrogen-bond donors (Lipinski definition) is 1. The van der Waals surface area contributed by atoms with Gasteiger partial charge in [0.2, 0.25) is 0 Å². The molecule has 2 aliphatic heterocycles. The Morgan fingerprint density at radius 3 is 3.24 bits per heavy atom. The normalized spacial score (nSPS) is 24.1. The molecule has 1 saturated heterocycles. The standard InChI is InChI=1S/C11H15N3O2S/c12-11-13-8-3-4-14(10(15)9(8)17-11)6-7-2-1-5-16-7/h7H,1-6H2,(H2,12,13). The molecule has 0 spiro atoms. The van der Waals surface area contributed by atoms with E-state index in [9.17, 15) is 4.79 Å². The topological polar surface area (TPSA) is 68.5 Å². The van der Waals surface area contributed by atoms with Gasteiger partial charge in [-0.1, -0.05) is 11.3 Å². The molecule has 1 atom stereocenters. The van der Waals surface area contributed by atoms with Crippen molar-refractivity contribution in [2.45, 2.75) is 25.4 Å². The third-order valence-corrected chi connectivity index (χ3v) is 4.18. The van der Waals surface area contributed by atoms with Crippen LogP contribution in [0.25, 0.3) is 0 Å². The van der Waals surface area contributed by atoms with Crippen LogP contribution < -0.4 is 5.73 Å². The van der Waals surface area contributed by atoms with Crippen molar-refractivity contribution in [2.75, 3.05) is 25.4 Å². The van der Waals surface area contributed by atoms with E-state index >= 15 is 0 Å². The molecule has 2 aliphatic rings. The van der Waals surface area contributed by atoms with Crippen LogP contribution in [0.5, 0.6) is 0 Å². The van der Waals surface area contributed by atoms with Gasteiger partial charge in [-0.3, -0.25) is 4.79 Å². The zero-order chi connectivity index (χ0) is 11.8. The summed E-state index contributed by atoms with van der Waals surface area (Å²) in [7, 11) is 0. The predicted molar refractivity (Wildman–Crippen MR) is 65.1 cm³/mol. The SMILES string of the molecule is Nc1nc2c(s1)C(=O)N(CC1CCCO1)CC2. The molecule has 2 N–H and O–H groups in total. The molecule has 0 bridgehead atoms. The molecular weight excluding hydrogens is 238 g/mol. The lowest BCUT2D eigenvalue weighted by atomic mass is 10.1. The molecule has 3 rings (SSSR count). The minimum absolute atomic E-state index is 0.0657. The van der Waals surface area contributed by atoms with Crippen LogP contribution in [0.15, 0.2) is 0 Å². The molecule has 1 unspecified atom stereocenters. The van der Waals surface area contributed by atoms with Crippen LogP contribution >= 0.6 is 11.3 Å². The summed E-state index contributed by atoms with van der Waals surface area (Å²) in [6.07, 6.45) is 3.18. The van der Waals surface area contributed by atoms with E-state index in [4.69, 9.17) is 10.5 Å². The van der Waals surface area contributed by atoms with Crippen molar-refractivity contribution in [3.63, 3.8) is 0 Å². The average Bonchev–Trinajstić information content (AvgIpc) is 2.91. The predicted octanol–water partition coefficient (Wildman–Crippen LogP) is 0.903. The zero-order valence-electron chi connectivity index (χ0n) is 9.52. The van der Waals surface area contributed by atoms with Gasteiger partial charge >= 0.3 is 0 Å². The minimum atomic E-state index is 0.0657. The second-order valence-electron chi connectivity index (χ2n) is 4.46. The number of anilines is 1. The number of rotatable bonds is 2. The number of amides is 1. The van der Waals surface area contributed by atoms with Crippen LogP contribution in [0, 0.1) is 0 Å². The van der Waals surface area contributed by atoms with Gasteiger partial charge in [0.05, 0.1) is 11.8 Å². The van der Waals surface area contributed by atoms with Crippen LogP contribution in [0.4, 0.5) is 5.13 Å². The number of aromatic nitrogens is 1. The second kappa shape index (κ2) is 4.27. The Morgan fingerprint density at radius 1 is 1.59 bits per heavy atom. The van der Waals surface area contributed by atoms with Crippen molar-refractivity contribution in [1.82, 2.24) is 9.88 Å². The van der Waals surface area contributed by atoms with Gasteiger partial charge < -0.3 is 15.4 Å². The van der Waals surface area contributed by atoms with E-state index in [1.807, 2.05) is 4.90 Å². The fourth-order valence-corrected chi connectivity index (χ4v) is 3.25. The van der Waals surface area contributed by atoms with Gasteiger partial charge in [-0.2, -0.15) is 0 Å². The van der Waals surface area contributed by atoms with E-state index in [1.165, 1.54) is 11.3 Å². The van der Waals surface area contributed by atoms with Crippen molar-refractivity contribution in [1.29, 1.82) is 0 Å². The average molecular weight is 253 g/mol. The minimum Gasteiger partial charge on any atom is -0.376 e. The largest absolute Gasteiger partial charge is 0.376 e. The maximum Gasteiger partial charge on any atom is 0.266 e. The van der Waals surface area contributed by atoms with Crippen molar-refractivity contribution >= 4 is 22.4 Å². The lowest BCUT2D eigenvalue weighted by Crippen LogP contribution is -2.41. The summed E-state index contributed by atoms with van der Waals surface area (Å²) in [5.74, 6) is 0.0657. The fraction of sp³-hybridized carbons (Fsp3) is 0.636. The van der Waals surface area contributed by atoms with E-state index in [0.717, 1.165) is 38.1 Å². The molecule has 0 aromatic carbocycles. The number of carbonyl (C=O) groups is 1. The Balaban J connectivity index is 1.74. The first-order chi connectivity index (χ1) is 8.24. The molecular formula is C11H15N3O2S. The molecule has 1 aromatic rings. The van der Waals surface area contributed by atoms with Crippen LogP contribution in [-0.4, -0.2) is 41.6 Å². The highest BCUT2D eigenvalue weighted by atomic mass is 32.1. The van der Waals surface area contributed by atoms with E-state index in [0.29, 0.717) is 16.6 Å². The van der Waals surface area contributed by atoms with E-state index in [1.54, 1.807) is 0 Å². The van der Waals surface area contributed by atoms with Gasteiger partial charge in [-0.15, -0.1) is 0 Å². The Bertz CT molecular complexity index is 440. The highest BCUT2D eigenvalue weighted by molar-refractivity contribution is 7.17. The number of carbonyl (C=O) groups excluding carboxylic acids is 1. The molecule has 6 heteroatoms. The van der Waals surface area contributed by atoms with E-state index in [2.05, 4.69) is 4.98 Å². The summed E-state index contributed by atoms with van der Waals surface area (Å²) in [4.78, 5) is 19.0. The van der Waals surface area contributed by atoms with Crippen molar-refractivity contribution in [3.8, 4) is 0 Å². The van der Waals surface area contributed by atoms with E-state index in [-0.39, 0.29) is 12.0 Å². The first-order valence-corrected chi connectivity index (χ1v) is 6.72.